The van der Waals surface area contributed by atoms with E-state index in [1.54, 1.807) is 0 Å². The Morgan fingerprint density at radius 3 is 0.833 bits per heavy atom. The van der Waals surface area contributed by atoms with E-state index >= 15 is 0 Å². The molecule has 0 fully saturated rings. The molecule has 2 N–H and O–H groups in total. The van der Waals surface area contributed by atoms with E-state index in [4.69, 9.17) is 9.97 Å². The molecule has 9 rings (SSSR count). The maximum atomic E-state index is 5.51. The molecule has 60 heavy (non-hydrogen) atoms. The zero-order valence-corrected chi connectivity index (χ0v) is 36.2. The first-order valence-corrected chi connectivity index (χ1v) is 21.4. The summed E-state index contributed by atoms with van der Waals surface area (Å²) in [7, 11) is 0. The van der Waals surface area contributed by atoms with Gasteiger partial charge in [0.1, 0.15) is 0 Å². The predicted octanol–water partition coefficient (Wildman–Crippen LogP) is 15.0. The van der Waals surface area contributed by atoms with Gasteiger partial charge in [0, 0.05) is 44.3 Å². The summed E-state index contributed by atoms with van der Waals surface area (Å²) in [6, 6.07) is 44.7. The Morgan fingerprint density at radius 2 is 0.600 bits per heavy atom. The molecule has 0 saturated carbocycles. The topological polar surface area (TPSA) is 57.4 Å². The third-order valence-corrected chi connectivity index (χ3v) is 12.1. The molecule has 2 aliphatic rings. The molecule has 4 aromatic carbocycles. The van der Waals surface area contributed by atoms with Gasteiger partial charge in [0.15, 0.2) is 0 Å². The van der Waals surface area contributed by atoms with Crippen molar-refractivity contribution in [3.63, 3.8) is 0 Å². The van der Waals surface area contributed by atoms with Crippen molar-refractivity contribution in [3.05, 3.63) is 166 Å². The summed E-state index contributed by atoms with van der Waals surface area (Å²) >= 11 is 0. The lowest BCUT2D eigenvalue weighted by Crippen LogP contribution is -2.10. The number of benzene rings is 4. The summed E-state index contributed by atoms with van der Waals surface area (Å²) in [4.78, 5) is 18.8. The zero-order chi connectivity index (χ0) is 41.8. The van der Waals surface area contributed by atoms with Gasteiger partial charge in [-0.25, -0.2) is 9.97 Å². The highest BCUT2D eigenvalue weighted by Gasteiger charge is 2.21. The summed E-state index contributed by atoms with van der Waals surface area (Å²) in [5, 5.41) is 0. The lowest BCUT2D eigenvalue weighted by molar-refractivity contribution is 0.590. The summed E-state index contributed by atoms with van der Waals surface area (Å²) in [6.45, 7) is 18.0. The van der Waals surface area contributed by atoms with Crippen LogP contribution in [0.1, 0.15) is 100 Å². The molecule has 0 amide bonds. The SMILES string of the molecule is CCc1ccc(-c2c3nc(c(-c4ccc(C(C)(C)C)cc4)c4ccc([nH]4)c(-c4ccc(CC)cc4)c4nc(c(-c5ccc(C(C)(C)C)cc5)c5ccc2[nH]5)C=C4)C=C3)cc1. The van der Waals surface area contributed by atoms with Crippen LogP contribution in [-0.2, 0) is 23.7 Å². The van der Waals surface area contributed by atoms with E-state index in [0.717, 1.165) is 102 Å². The number of H-pyrrole nitrogens is 2. The van der Waals surface area contributed by atoms with Crippen molar-refractivity contribution in [2.75, 3.05) is 0 Å². The summed E-state index contributed by atoms with van der Waals surface area (Å²) < 4.78 is 0. The number of hydrogen-bond donors (Lipinski definition) is 2. The highest BCUT2D eigenvalue weighted by Crippen LogP contribution is 2.39. The molecule has 0 unspecified atom stereocenters. The highest BCUT2D eigenvalue weighted by molar-refractivity contribution is 5.99. The number of fused-ring (bicyclic) bond motifs is 8. The van der Waals surface area contributed by atoms with Crippen LogP contribution in [-0.4, -0.2) is 19.9 Å². The Labute approximate surface area is 354 Å². The molecule has 2 aliphatic heterocycles. The molecule has 8 bridgehead atoms. The molecule has 0 atom stereocenters. The molecule has 3 aromatic heterocycles. The Hall–Kier alpha value is -6.52. The molecular formula is C56H54N4. The van der Waals surface area contributed by atoms with E-state index in [-0.39, 0.29) is 10.8 Å². The van der Waals surface area contributed by atoms with Crippen molar-refractivity contribution >= 4 is 46.4 Å². The molecule has 7 aromatic rings. The van der Waals surface area contributed by atoms with Crippen LogP contribution in [0.25, 0.3) is 90.9 Å². The maximum absolute atomic E-state index is 5.51. The van der Waals surface area contributed by atoms with Crippen molar-refractivity contribution in [2.24, 2.45) is 0 Å². The molecule has 298 valence electrons. The molecular weight excluding hydrogens is 729 g/mol. The van der Waals surface area contributed by atoms with E-state index < -0.39 is 0 Å². The zero-order valence-electron chi connectivity index (χ0n) is 36.2. The number of rotatable bonds is 6. The predicted molar refractivity (Wildman–Crippen MR) is 257 cm³/mol. The van der Waals surface area contributed by atoms with Gasteiger partial charge in [-0.15, -0.1) is 0 Å². The number of aromatic nitrogens is 4. The van der Waals surface area contributed by atoms with Gasteiger partial charge in [-0.2, -0.15) is 0 Å². The van der Waals surface area contributed by atoms with E-state index in [1.807, 2.05) is 0 Å². The van der Waals surface area contributed by atoms with Crippen molar-refractivity contribution in [1.29, 1.82) is 0 Å². The fourth-order valence-corrected chi connectivity index (χ4v) is 8.51. The lowest BCUT2D eigenvalue weighted by Gasteiger charge is -2.19. The standard InChI is InChI=1S/C56H54N4/c1-9-35-11-15-37(16-12-35)51-43-27-31-47(57-43)53(39-19-23-41(24-20-39)55(3,4)5)49-33-29-45(59-49)52(38-17-13-36(10-2)14-18-38)46-30-34-50(60-46)54(48-32-28-44(51)58-48)40-21-25-42(26-22-40)56(6,7)8/h11-34,57,60H,9-10H2,1-8H3. The van der Waals surface area contributed by atoms with Gasteiger partial charge < -0.3 is 9.97 Å². The van der Waals surface area contributed by atoms with Crippen LogP contribution >= 0.6 is 0 Å². The molecule has 5 heterocycles. The van der Waals surface area contributed by atoms with Crippen LogP contribution in [0, 0.1) is 0 Å². The van der Waals surface area contributed by atoms with Gasteiger partial charge in [-0.05, 0) is 117 Å². The van der Waals surface area contributed by atoms with E-state index in [0.29, 0.717) is 0 Å². The highest BCUT2D eigenvalue weighted by atomic mass is 14.8. The minimum absolute atomic E-state index is 0.0385. The van der Waals surface area contributed by atoms with Gasteiger partial charge in [0.2, 0.25) is 0 Å². The van der Waals surface area contributed by atoms with Gasteiger partial charge in [0.25, 0.3) is 0 Å². The Balaban J connectivity index is 1.42. The van der Waals surface area contributed by atoms with Gasteiger partial charge in [-0.3, -0.25) is 0 Å². The summed E-state index contributed by atoms with van der Waals surface area (Å²) in [5.74, 6) is 0. The minimum Gasteiger partial charge on any atom is -0.354 e. The Morgan fingerprint density at radius 1 is 0.350 bits per heavy atom. The quantitative estimate of drug-likeness (QED) is 0.176. The van der Waals surface area contributed by atoms with Gasteiger partial charge >= 0.3 is 0 Å². The first kappa shape index (κ1) is 39.0. The normalized spacial score (nSPS) is 12.7. The number of aromatic amines is 2. The average molecular weight is 783 g/mol. The molecule has 4 heteroatoms. The first-order chi connectivity index (χ1) is 28.9. The van der Waals surface area contributed by atoms with Crippen LogP contribution in [0.3, 0.4) is 0 Å². The monoisotopic (exact) mass is 782 g/mol. The second-order valence-corrected chi connectivity index (χ2v) is 18.3. The van der Waals surface area contributed by atoms with E-state index in [2.05, 4.69) is 211 Å². The Bertz CT molecular complexity index is 2750. The summed E-state index contributed by atoms with van der Waals surface area (Å²) in [6.07, 6.45) is 10.7. The second-order valence-electron chi connectivity index (χ2n) is 18.3. The molecule has 0 radical (unpaired) electrons. The number of hydrogen-bond acceptors (Lipinski definition) is 2. The first-order valence-electron chi connectivity index (χ1n) is 21.4. The third kappa shape index (κ3) is 7.36. The minimum atomic E-state index is 0.0385. The fraction of sp³-hybridized carbons (Fsp3) is 0.214. The largest absolute Gasteiger partial charge is 0.354 e. The van der Waals surface area contributed by atoms with Crippen LogP contribution in [0.5, 0.6) is 0 Å². The molecule has 4 nitrogen and oxygen atoms in total. The van der Waals surface area contributed by atoms with Gasteiger partial charge in [0.05, 0.1) is 22.8 Å². The van der Waals surface area contributed by atoms with E-state index in [9.17, 15) is 0 Å². The van der Waals surface area contributed by atoms with Crippen molar-refractivity contribution < 1.29 is 0 Å². The van der Waals surface area contributed by atoms with Gasteiger partial charge in [-0.1, -0.05) is 152 Å². The average Bonchev–Trinajstić information content (AvgIpc) is 4.09. The number of nitrogens with zero attached hydrogens (tertiary/aromatic N) is 2. The summed E-state index contributed by atoms with van der Waals surface area (Å²) in [5.41, 5.74) is 21.6. The van der Waals surface area contributed by atoms with Crippen molar-refractivity contribution in [3.8, 4) is 44.5 Å². The maximum Gasteiger partial charge on any atom is 0.0737 e. The van der Waals surface area contributed by atoms with Crippen LogP contribution in [0.15, 0.2) is 121 Å². The lowest BCUT2D eigenvalue weighted by atomic mass is 9.86. The molecule has 0 aliphatic carbocycles. The number of aryl methyl sites for hydroxylation is 2. The molecule has 0 spiro atoms. The molecule has 0 saturated heterocycles. The van der Waals surface area contributed by atoms with Crippen molar-refractivity contribution in [2.45, 2.75) is 79.1 Å². The number of nitrogens with one attached hydrogen (secondary N) is 2. The van der Waals surface area contributed by atoms with E-state index in [1.165, 1.54) is 22.3 Å². The Kier molecular flexibility index (Phi) is 9.91. The van der Waals surface area contributed by atoms with Crippen LogP contribution < -0.4 is 0 Å². The second kappa shape index (κ2) is 15.3. The van der Waals surface area contributed by atoms with Crippen molar-refractivity contribution in [1.82, 2.24) is 19.9 Å². The smallest absolute Gasteiger partial charge is 0.0737 e. The van der Waals surface area contributed by atoms with Crippen LogP contribution in [0.2, 0.25) is 0 Å². The fourth-order valence-electron chi connectivity index (χ4n) is 8.51. The third-order valence-electron chi connectivity index (χ3n) is 12.1. The van der Waals surface area contributed by atoms with Crippen LogP contribution in [0.4, 0.5) is 0 Å².